The minimum atomic E-state index is -0.642. The zero-order valence-electron chi connectivity index (χ0n) is 13.5. The number of rotatable bonds is 5. The number of thioether (sulfide) groups is 1. The SMILES string of the molecule is CNC(=O)CN(C)C(=O)COC(=O)[C@H]1CS[C@]2(C)CCC(=O)N12. The Morgan fingerprint density at radius 3 is 2.83 bits per heavy atom. The third-order valence-corrected chi connectivity index (χ3v) is 5.65. The summed E-state index contributed by atoms with van der Waals surface area (Å²) in [6.07, 6.45) is 1.15. The van der Waals surface area contributed by atoms with Crippen LogP contribution in [0.15, 0.2) is 0 Å². The van der Waals surface area contributed by atoms with Crippen LogP contribution < -0.4 is 5.32 Å². The van der Waals surface area contributed by atoms with Gasteiger partial charge in [0, 0.05) is 26.3 Å². The van der Waals surface area contributed by atoms with Crippen LogP contribution in [0.25, 0.3) is 0 Å². The Morgan fingerprint density at radius 2 is 2.17 bits per heavy atom. The van der Waals surface area contributed by atoms with Crippen molar-refractivity contribution in [2.24, 2.45) is 0 Å². The van der Waals surface area contributed by atoms with Crippen LogP contribution in [-0.4, -0.2) is 77.4 Å². The first-order valence-electron chi connectivity index (χ1n) is 7.36. The molecular weight excluding hydrogens is 322 g/mol. The van der Waals surface area contributed by atoms with Gasteiger partial charge in [-0.2, -0.15) is 0 Å². The Balaban J connectivity index is 1.87. The van der Waals surface area contributed by atoms with Crippen molar-refractivity contribution in [3.8, 4) is 0 Å². The second-order valence-electron chi connectivity index (χ2n) is 5.80. The van der Waals surface area contributed by atoms with Crippen molar-refractivity contribution in [3.05, 3.63) is 0 Å². The van der Waals surface area contributed by atoms with Crippen LogP contribution in [-0.2, 0) is 23.9 Å². The maximum Gasteiger partial charge on any atom is 0.330 e. The maximum atomic E-state index is 12.2. The highest BCUT2D eigenvalue weighted by molar-refractivity contribution is 8.01. The molecule has 2 saturated heterocycles. The normalized spacial score (nSPS) is 26.0. The van der Waals surface area contributed by atoms with E-state index in [4.69, 9.17) is 4.74 Å². The standard InChI is InChI=1S/C14H21N3O5S/c1-14-5-4-11(19)17(14)9(8-23-14)13(21)22-7-12(20)16(3)6-10(18)15-2/h9H,4-8H2,1-3H3,(H,15,18)/t9-,14-/m1/s1. The second kappa shape index (κ2) is 6.77. The average molecular weight is 343 g/mol. The molecule has 2 aliphatic heterocycles. The Labute approximate surface area is 138 Å². The molecule has 0 saturated carbocycles. The molecule has 0 aliphatic carbocycles. The van der Waals surface area contributed by atoms with Gasteiger partial charge in [-0.15, -0.1) is 11.8 Å². The van der Waals surface area contributed by atoms with Crippen LogP contribution in [0.2, 0.25) is 0 Å². The molecule has 3 amide bonds. The van der Waals surface area contributed by atoms with E-state index in [1.807, 2.05) is 6.92 Å². The van der Waals surface area contributed by atoms with Crippen LogP contribution in [0.3, 0.4) is 0 Å². The number of ether oxygens (including phenoxy) is 1. The van der Waals surface area contributed by atoms with E-state index >= 15 is 0 Å². The summed E-state index contributed by atoms with van der Waals surface area (Å²) in [7, 11) is 2.93. The third-order valence-electron chi connectivity index (χ3n) is 4.14. The van der Waals surface area contributed by atoms with E-state index in [-0.39, 0.29) is 23.2 Å². The van der Waals surface area contributed by atoms with Crippen molar-refractivity contribution in [1.82, 2.24) is 15.1 Å². The molecule has 0 spiro atoms. The summed E-state index contributed by atoms with van der Waals surface area (Å²) in [6.45, 7) is 1.40. The number of nitrogens with one attached hydrogen (secondary N) is 1. The summed E-state index contributed by atoms with van der Waals surface area (Å²) in [4.78, 5) is 49.6. The number of fused-ring (bicyclic) bond motifs is 1. The van der Waals surface area contributed by atoms with Gasteiger partial charge in [-0.25, -0.2) is 4.79 Å². The largest absolute Gasteiger partial charge is 0.454 e. The fraction of sp³-hybridized carbons (Fsp3) is 0.714. The van der Waals surface area contributed by atoms with Crippen molar-refractivity contribution < 1.29 is 23.9 Å². The van der Waals surface area contributed by atoms with E-state index in [2.05, 4.69) is 5.32 Å². The van der Waals surface area contributed by atoms with Crippen LogP contribution in [0.1, 0.15) is 19.8 Å². The lowest BCUT2D eigenvalue weighted by Crippen LogP contribution is -2.47. The Hall–Kier alpha value is -1.77. The highest BCUT2D eigenvalue weighted by atomic mass is 32.2. The van der Waals surface area contributed by atoms with Crippen molar-refractivity contribution in [3.63, 3.8) is 0 Å². The molecule has 128 valence electrons. The first kappa shape index (κ1) is 17.6. The van der Waals surface area contributed by atoms with Gasteiger partial charge in [0.15, 0.2) is 6.61 Å². The molecular formula is C14H21N3O5S. The zero-order chi connectivity index (χ0) is 17.2. The molecule has 0 bridgehead atoms. The van der Waals surface area contributed by atoms with Gasteiger partial charge < -0.3 is 19.9 Å². The lowest BCUT2D eigenvalue weighted by Gasteiger charge is -2.29. The van der Waals surface area contributed by atoms with Gasteiger partial charge in [0.2, 0.25) is 11.8 Å². The number of hydrogen-bond acceptors (Lipinski definition) is 6. The summed E-state index contributed by atoms with van der Waals surface area (Å²) in [5.74, 6) is -0.926. The molecule has 0 aromatic heterocycles. The maximum absolute atomic E-state index is 12.2. The minimum Gasteiger partial charge on any atom is -0.454 e. The molecule has 0 aromatic rings. The smallest absolute Gasteiger partial charge is 0.330 e. The van der Waals surface area contributed by atoms with Crippen molar-refractivity contribution in [2.75, 3.05) is 33.0 Å². The molecule has 1 N–H and O–H groups in total. The number of amides is 3. The number of carbonyl (C=O) groups is 4. The number of esters is 1. The summed E-state index contributed by atoms with van der Waals surface area (Å²) in [5, 5.41) is 2.41. The van der Waals surface area contributed by atoms with E-state index in [0.717, 1.165) is 0 Å². The molecule has 2 aliphatic rings. The molecule has 0 radical (unpaired) electrons. The number of hydrogen-bond donors (Lipinski definition) is 1. The predicted octanol–water partition coefficient (Wildman–Crippen LogP) is -0.812. The van der Waals surface area contributed by atoms with Gasteiger partial charge in [-0.05, 0) is 13.3 Å². The quantitative estimate of drug-likeness (QED) is 0.656. The monoisotopic (exact) mass is 343 g/mol. The Bertz CT molecular complexity index is 541. The van der Waals surface area contributed by atoms with Gasteiger partial charge >= 0.3 is 5.97 Å². The average Bonchev–Trinajstić information content (AvgIpc) is 3.01. The van der Waals surface area contributed by atoms with Crippen molar-refractivity contribution in [2.45, 2.75) is 30.7 Å². The fourth-order valence-corrected chi connectivity index (χ4v) is 4.13. The molecule has 9 heteroatoms. The summed E-state index contributed by atoms with van der Waals surface area (Å²) in [5.41, 5.74) is 0. The predicted molar refractivity (Wildman–Crippen MR) is 83.4 cm³/mol. The number of nitrogens with zero attached hydrogens (tertiary/aromatic N) is 2. The molecule has 23 heavy (non-hydrogen) atoms. The Morgan fingerprint density at radius 1 is 1.48 bits per heavy atom. The van der Waals surface area contributed by atoms with E-state index < -0.39 is 24.5 Å². The minimum absolute atomic E-state index is 0.0532. The molecule has 8 nitrogen and oxygen atoms in total. The molecule has 0 unspecified atom stereocenters. The molecule has 2 heterocycles. The van der Waals surface area contributed by atoms with E-state index in [1.165, 1.54) is 19.0 Å². The summed E-state index contributed by atoms with van der Waals surface area (Å²) < 4.78 is 5.06. The summed E-state index contributed by atoms with van der Waals surface area (Å²) >= 11 is 1.56. The molecule has 2 atom stereocenters. The lowest BCUT2D eigenvalue weighted by molar-refractivity contribution is -0.158. The van der Waals surface area contributed by atoms with Crippen molar-refractivity contribution in [1.29, 1.82) is 0 Å². The van der Waals surface area contributed by atoms with Crippen LogP contribution in [0.5, 0.6) is 0 Å². The number of carbonyl (C=O) groups excluding carboxylic acids is 4. The highest BCUT2D eigenvalue weighted by Crippen LogP contribution is 2.47. The zero-order valence-corrected chi connectivity index (χ0v) is 14.3. The van der Waals surface area contributed by atoms with Gasteiger partial charge in [-0.3, -0.25) is 14.4 Å². The topological polar surface area (TPSA) is 96.0 Å². The van der Waals surface area contributed by atoms with E-state index in [1.54, 1.807) is 16.7 Å². The first-order valence-corrected chi connectivity index (χ1v) is 8.34. The highest BCUT2D eigenvalue weighted by Gasteiger charge is 2.53. The molecule has 2 fully saturated rings. The van der Waals surface area contributed by atoms with Crippen LogP contribution >= 0.6 is 11.8 Å². The van der Waals surface area contributed by atoms with E-state index in [0.29, 0.717) is 18.6 Å². The number of likely N-dealkylation sites (N-methyl/N-ethyl adjacent to an activating group) is 2. The van der Waals surface area contributed by atoms with Crippen LogP contribution in [0, 0.1) is 0 Å². The summed E-state index contributed by atoms with van der Waals surface area (Å²) in [6, 6.07) is -0.642. The van der Waals surface area contributed by atoms with Gasteiger partial charge in [-0.1, -0.05) is 0 Å². The second-order valence-corrected chi connectivity index (χ2v) is 7.30. The first-order chi connectivity index (χ1) is 10.8. The molecule has 2 rings (SSSR count). The van der Waals surface area contributed by atoms with Gasteiger partial charge in [0.25, 0.3) is 5.91 Å². The van der Waals surface area contributed by atoms with Crippen molar-refractivity contribution >= 4 is 35.5 Å². The Kier molecular flexibility index (Phi) is 5.18. The van der Waals surface area contributed by atoms with Gasteiger partial charge in [0.05, 0.1) is 11.4 Å². The van der Waals surface area contributed by atoms with E-state index in [9.17, 15) is 19.2 Å². The molecule has 0 aromatic carbocycles. The fourth-order valence-electron chi connectivity index (χ4n) is 2.72. The van der Waals surface area contributed by atoms with Crippen LogP contribution in [0.4, 0.5) is 0 Å². The third kappa shape index (κ3) is 3.60. The van der Waals surface area contributed by atoms with Gasteiger partial charge in [0.1, 0.15) is 6.04 Å². The lowest BCUT2D eigenvalue weighted by atomic mass is 10.2.